The maximum atomic E-state index is 12.7. The van der Waals surface area contributed by atoms with Gasteiger partial charge in [-0.05, 0) is 31.0 Å². The molecule has 0 spiro atoms. The number of benzene rings is 1. The second-order valence-electron chi connectivity index (χ2n) is 6.33. The predicted octanol–water partition coefficient (Wildman–Crippen LogP) is 2.47. The van der Waals surface area contributed by atoms with E-state index in [1.165, 1.54) is 0 Å². The zero-order valence-corrected chi connectivity index (χ0v) is 16.1. The van der Waals surface area contributed by atoms with Crippen molar-refractivity contribution in [2.45, 2.75) is 39.4 Å². The van der Waals surface area contributed by atoms with Crippen LogP contribution in [0, 0.1) is 0 Å². The van der Waals surface area contributed by atoms with Gasteiger partial charge in [-0.3, -0.25) is 9.59 Å². The van der Waals surface area contributed by atoms with E-state index >= 15 is 0 Å². The summed E-state index contributed by atoms with van der Waals surface area (Å²) in [5.41, 5.74) is 1.82. The highest BCUT2D eigenvalue weighted by atomic mass is 32.1. The number of carbonyl (C=O) groups is 2. The van der Waals surface area contributed by atoms with E-state index in [1.807, 2.05) is 29.6 Å². The molecule has 0 bridgehead atoms. The van der Waals surface area contributed by atoms with Crippen molar-refractivity contribution in [1.29, 1.82) is 0 Å². The molecular formula is C19H23N3O3S. The van der Waals surface area contributed by atoms with Crippen LogP contribution in [-0.2, 0) is 29.1 Å². The molecule has 7 heteroatoms. The Morgan fingerprint density at radius 2 is 1.96 bits per heavy atom. The number of hydrogen-bond acceptors (Lipinski definition) is 5. The van der Waals surface area contributed by atoms with Crippen LogP contribution in [0.15, 0.2) is 29.6 Å². The van der Waals surface area contributed by atoms with Gasteiger partial charge in [0.2, 0.25) is 11.8 Å². The second-order valence-corrected chi connectivity index (χ2v) is 7.27. The van der Waals surface area contributed by atoms with Crippen LogP contribution in [0.4, 0.5) is 0 Å². The number of thiazole rings is 1. The zero-order chi connectivity index (χ0) is 18.7. The summed E-state index contributed by atoms with van der Waals surface area (Å²) in [6, 6.07) is 7.05. The van der Waals surface area contributed by atoms with Crippen molar-refractivity contribution in [2.75, 3.05) is 13.7 Å². The number of aryl methyl sites for hydroxylation is 1. The number of aromatic nitrogens is 1. The van der Waals surface area contributed by atoms with Gasteiger partial charge in [-0.2, -0.15) is 0 Å². The molecule has 1 aromatic carbocycles. The Hall–Kier alpha value is -2.41. The number of ether oxygens (including phenoxy) is 1. The number of amides is 2. The van der Waals surface area contributed by atoms with E-state index in [-0.39, 0.29) is 18.4 Å². The smallest absolute Gasteiger partial charge is 0.245 e. The first-order valence-electron chi connectivity index (χ1n) is 8.66. The SMILES string of the molecule is CCc1nc(CN2C(=O)CN(Cc3ccc(OC)cc3)C(=O)[C@@H]2C)cs1. The zero-order valence-electron chi connectivity index (χ0n) is 15.3. The monoisotopic (exact) mass is 373 g/mol. The first-order valence-corrected chi connectivity index (χ1v) is 9.54. The summed E-state index contributed by atoms with van der Waals surface area (Å²) >= 11 is 1.59. The third-order valence-corrected chi connectivity index (χ3v) is 5.59. The van der Waals surface area contributed by atoms with E-state index in [9.17, 15) is 9.59 Å². The molecule has 1 saturated heterocycles. The van der Waals surface area contributed by atoms with Crippen LogP contribution in [0.25, 0.3) is 0 Å². The summed E-state index contributed by atoms with van der Waals surface area (Å²) in [4.78, 5) is 33.1. The molecule has 3 rings (SSSR count). The van der Waals surface area contributed by atoms with E-state index in [1.54, 1.807) is 35.2 Å². The van der Waals surface area contributed by atoms with Gasteiger partial charge in [0.05, 0.1) is 24.4 Å². The Morgan fingerprint density at radius 3 is 2.58 bits per heavy atom. The maximum absolute atomic E-state index is 12.7. The van der Waals surface area contributed by atoms with Gasteiger partial charge in [-0.15, -0.1) is 11.3 Å². The van der Waals surface area contributed by atoms with Crippen molar-refractivity contribution in [1.82, 2.24) is 14.8 Å². The van der Waals surface area contributed by atoms with Gasteiger partial charge in [0.1, 0.15) is 18.3 Å². The fourth-order valence-electron chi connectivity index (χ4n) is 3.01. The van der Waals surface area contributed by atoms with Crippen molar-refractivity contribution in [2.24, 2.45) is 0 Å². The molecule has 0 unspecified atom stereocenters. The minimum Gasteiger partial charge on any atom is -0.497 e. The minimum atomic E-state index is -0.485. The molecule has 2 heterocycles. The van der Waals surface area contributed by atoms with Gasteiger partial charge < -0.3 is 14.5 Å². The first-order chi connectivity index (χ1) is 12.5. The maximum Gasteiger partial charge on any atom is 0.245 e. The Balaban J connectivity index is 1.67. The number of carbonyl (C=O) groups excluding carboxylic acids is 2. The summed E-state index contributed by atoms with van der Waals surface area (Å²) in [5.74, 6) is 0.687. The summed E-state index contributed by atoms with van der Waals surface area (Å²) < 4.78 is 5.15. The lowest BCUT2D eigenvalue weighted by molar-refractivity contribution is -0.156. The average molecular weight is 373 g/mol. The highest BCUT2D eigenvalue weighted by Crippen LogP contribution is 2.20. The third-order valence-electron chi connectivity index (χ3n) is 4.55. The number of hydrogen-bond donors (Lipinski definition) is 0. The normalized spacial score (nSPS) is 17.7. The van der Waals surface area contributed by atoms with Gasteiger partial charge in [0, 0.05) is 11.9 Å². The largest absolute Gasteiger partial charge is 0.497 e. The molecule has 1 aromatic heterocycles. The Morgan fingerprint density at radius 1 is 1.23 bits per heavy atom. The van der Waals surface area contributed by atoms with Gasteiger partial charge in [-0.1, -0.05) is 19.1 Å². The van der Waals surface area contributed by atoms with E-state index in [0.29, 0.717) is 13.1 Å². The Bertz CT molecular complexity index is 788. The minimum absolute atomic E-state index is 0.0358. The molecule has 0 radical (unpaired) electrons. The number of methoxy groups -OCH3 is 1. The highest BCUT2D eigenvalue weighted by Gasteiger charge is 2.36. The van der Waals surface area contributed by atoms with Gasteiger partial charge >= 0.3 is 0 Å². The fourth-order valence-corrected chi connectivity index (χ4v) is 3.75. The van der Waals surface area contributed by atoms with Gasteiger partial charge in [0.15, 0.2) is 0 Å². The third kappa shape index (κ3) is 3.88. The lowest BCUT2D eigenvalue weighted by Gasteiger charge is -2.38. The molecule has 1 aliphatic heterocycles. The van der Waals surface area contributed by atoms with Crippen LogP contribution in [0.3, 0.4) is 0 Å². The molecule has 1 aliphatic rings. The summed E-state index contributed by atoms with van der Waals surface area (Å²) in [5, 5.41) is 3.01. The van der Waals surface area contributed by atoms with Crippen molar-refractivity contribution in [3.8, 4) is 5.75 Å². The van der Waals surface area contributed by atoms with E-state index in [2.05, 4.69) is 11.9 Å². The molecule has 26 heavy (non-hydrogen) atoms. The molecule has 0 aliphatic carbocycles. The van der Waals surface area contributed by atoms with Gasteiger partial charge in [-0.25, -0.2) is 4.98 Å². The molecule has 0 N–H and O–H groups in total. The van der Waals surface area contributed by atoms with Crippen LogP contribution in [0.5, 0.6) is 5.75 Å². The van der Waals surface area contributed by atoms with Crippen molar-refractivity contribution in [3.05, 3.63) is 45.9 Å². The lowest BCUT2D eigenvalue weighted by atomic mass is 10.1. The van der Waals surface area contributed by atoms with E-state index < -0.39 is 6.04 Å². The molecule has 1 fully saturated rings. The summed E-state index contributed by atoms with van der Waals surface area (Å²) in [7, 11) is 1.61. The topological polar surface area (TPSA) is 62.7 Å². The standard InChI is InChI=1S/C19H23N3O3S/c1-4-17-20-15(12-26-17)10-22-13(2)19(24)21(11-18(22)23)9-14-5-7-16(25-3)8-6-14/h5-8,12-13H,4,9-11H2,1-3H3/t13-/m0/s1. The van der Waals surface area contributed by atoms with Crippen LogP contribution < -0.4 is 4.74 Å². The highest BCUT2D eigenvalue weighted by molar-refractivity contribution is 7.09. The lowest BCUT2D eigenvalue weighted by Crippen LogP contribution is -2.58. The molecule has 6 nitrogen and oxygen atoms in total. The second kappa shape index (κ2) is 7.86. The number of rotatable bonds is 6. The quantitative estimate of drug-likeness (QED) is 0.780. The Kier molecular flexibility index (Phi) is 5.56. The molecule has 0 saturated carbocycles. The van der Waals surface area contributed by atoms with Crippen molar-refractivity contribution in [3.63, 3.8) is 0 Å². The number of piperazine rings is 1. The Labute approximate surface area is 157 Å². The van der Waals surface area contributed by atoms with Crippen molar-refractivity contribution >= 4 is 23.2 Å². The van der Waals surface area contributed by atoms with Crippen molar-refractivity contribution < 1.29 is 14.3 Å². The number of nitrogens with zero attached hydrogens (tertiary/aromatic N) is 3. The molecule has 1 atom stereocenters. The van der Waals surface area contributed by atoms with Crippen LogP contribution in [0.2, 0.25) is 0 Å². The van der Waals surface area contributed by atoms with E-state index in [0.717, 1.165) is 28.4 Å². The summed E-state index contributed by atoms with van der Waals surface area (Å²) in [6.45, 7) is 4.74. The van der Waals surface area contributed by atoms with Crippen LogP contribution >= 0.6 is 11.3 Å². The van der Waals surface area contributed by atoms with E-state index in [4.69, 9.17) is 4.74 Å². The van der Waals surface area contributed by atoms with Crippen LogP contribution in [0.1, 0.15) is 30.1 Å². The molecule has 2 amide bonds. The summed E-state index contributed by atoms with van der Waals surface area (Å²) in [6.07, 6.45) is 0.878. The van der Waals surface area contributed by atoms with Crippen LogP contribution in [-0.4, -0.2) is 46.3 Å². The molecule has 138 valence electrons. The first kappa shape index (κ1) is 18.4. The predicted molar refractivity (Wildman–Crippen MR) is 99.9 cm³/mol. The van der Waals surface area contributed by atoms with Gasteiger partial charge in [0.25, 0.3) is 0 Å². The molecule has 2 aromatic rings. The molecular weight excluding hydrogens is 350 g/mol. The average Bonchev–Trinajstić information content (AvgIpc) is 3.11. The fraction of sp³-hybridized carbons (Fsp3) is 0.421.